The summed E-state index contributed by atoms with van der Waals surface area (Å²) in [6.07, 6.45) is 3.28. The number of carbonyl (C=O) groups is 2. The largest absolute Gasteiger partial charge is 0.467 e. The monoisotopic (exact) mass is 449 g/mol. The van der Waals surface area contributed by atoms with Crippen LogP contribution in [0.4, 0.5) is 5.82 Å². The van der Waals surface area contributed by atoms with Crippen LogP contribution in [0.1, 0.15) is 13.8 Å². The highest BCUT2D eigenvalue weighted by atomic mass is 35.5. The third-order valence-electron chi connectivity index (χ3n) is 4.89. The molecule has 0 radical (unpaired) electrons. The predicted molar refractivity (Wildman–Crippen MR) is 121 cm³/mol. The lowest BCUT2D eigenvalue weighted by Gasteiger charge is -2.21. The maximum atomic E-state index is 12.7. The van der Waals surface area contributed by atoms with E-state index in [2.05, 4.69) is 15.4 Å². The van der Waals surface area contributed by atoms with Gasteiger partial charge in [0.15, 0.2) is 5.65 Å². The number of benzene rings is 1. The van der Waals surface area contributed by atoms with Crippen LogP contribution in [0.15, 0.2) is 60.9 Å². The fourth-order valence-corrected chi connectivity index (χ4v) is 3.41. The van der Waals surface area contributed by atoms with Crippen LogP contribution in [-0.4, -0.2) is 38.6 Å². The number of rotatable bonds is 7. The van der Waals surface area contributed by atoms with Gasteiger partial charge in [-0.25, -0.2) is 14.5 Å². The third kappa shape index (κ3) is 4.31. The molecule has 0 aliphatic carbocycles. The lowest BCUT2D eigenvalue weighted by molar-refractivity contribution is -0.136. The number of hydrogen-bond acceptors (Lipinski definition) is 6. The second kappa shape index (κ2) is 8.76. The van der Waals surface area contributed by atoms with Gasteiger partial charge in [0.05, 0.1) is 11.1 Å². The van der Waals surface area contributed by atoms with Crippen molar-refractivity contribution >= 4 is 35.4 Å². The molecular weight excluding hydrogens is 430 g/mol. The van der Waals surface area contributed by atoms with Crippen LogP contribution in [0.5, 0.6) is 0 Å². The smallest absolute Gasteiger partial charge is 0.293 e. The highest BCUT2D eigenvalue weighted by molar-refractivity contribution is 6.30. The van der Waals surface area contributed by atoms with Crippen LogP contribution < -0.4 is 5.32 Å². The van der Waals surface area contributed by atoms with Gasteiger partial charge in [0, 0.05) is 28.5 Å². The van der Waals surface area contributed by atoms with Crippen molar-refractivity contribution in [1.82, 2.24) is 19.6 Å². The minimum atomic E-state index is -0.921. The number of aromatic nitrogens is 4. The van der Waals surface area contributed by atoms with Gasteiger partial charge in [-0.15, -0.1) is 0 Å². The number of fused-ring (bicyclic) bond motifs is 1. The van der Waals surface area contributed by atoms with E-state index in [1.807, 2.05) is 36.4 Å². The van der Waals surface area contributed by atoms with Gasteiger partial charge >= 0.3 is 0 Å². The Morgan fingerprint density at radius 3 is 2.78 bits per heavy atom. The Kier molecular flexibility index (Phi) is 5.87. The molecule has 0 aliphatic heterocycles. The zero-order chi connectivity index (χ0) is 22.7. The Hall–Kier alpha value is -3.78. The fourth-order valence-electron chi connectivity index (χ4n) is 3.22. The molecule has 0 bridgehead atoms. The molecule has 0 saturated carbocycles. The van der Waals surface area contributed by atoms with Crippen LogP contribution in [0.25, 0.3) is 28.2 Å². The Morgan fingerprint density at radius 2 is 2.00 bits per heavy atom. The molecule has 9 heteroatoms. The summed E-state index contributed by atoms with van der Waals surface area (Å²) >= 11 is 6.21. The average molecular weight is 450 g/mol. The van der Waals surface area contributed by atoms with Gasteiger partial charge in [0.1, 0.15) is 18.1 Å². The summed E-state index contributed by atoms with van der Waals surface area (Å²) in [6, 6.07) is 14.7. The molecule has 8 nitrogen and oxygen atoms in total. The summed E-state index contributed by atoms with van der Waals surface area (Å²) in [4.78, 5) is 32.2. The lowest BCUT2D eigenvalue weighted by atomic mass is 9.93. The van der Waals surface area contributed by atoms with Gasteiger partial charge in [-0.05, 0) is 50.2 Å². The molecular formula is C23H20ClN5O3. The fraction of sp³-hybridized carbons (Fsp3) is 0.174. The number of amides is 1. The number of halogens is 1. The lowest BCUT2D eigenvalue weighted by Crippen LogP contribution is -2.35. The van der Waals surface area contributed by atoms with Crippen LogP contribution >= 0.6 is 11.6 Å². The van der Waals surface area contributed by atoms with Crippen LogP contribution in [-0.2, 0) is 14.3 Å². The summed E-state index contributed by atoms with van der Waals surface area (Å²) in [5.74, 6) is 0.0323. The van der Waals surface area contributed by atoms with E-state index in [9.17, 15) is 9.59 Å². The second-order valence-corrected chi connectivity index (χ2v) is 8.22. The first-order valence-electron chi connectivity index (χ1n) is 9.82. The summed E-state index contributed by atoms with van der Waals surface area (Å²) in [5.41, 5.74) is 2.80. The first-order valence-corrected chi connectivity index (χ1v) is 10.2. The summed E-state index contributed by atoms with van der Waals surface area (Å²) in [5, 5.41) is 7.84. The van der Waals surface area contributed by atoms with E-state index in [-0.39, 0.29) is 12.5 Å². The normalized spacial score (nSPS) is 11.3. The van der Waals surface area contributed by atoms with E-state index in [0.717, 1.165) is 16.8 Å². The van der Waals surface area contributed by atoms with Gasteiger partial charge in [-0.1, -0.05) is 23.7 Å². The highest BCUT2D eigenvalue weighted by Gasteiger charge is 2.29. The quantitative estimate of drug-likeness (QED) is 0.423. The van der Waals surface area contributed by atoms with Crippen LogP contribution in [0.2, 0.25) is 5.02 Å². The molecule has 3 heterocycles. The standard InChI is InChI=1S/C23H20ClN5O3/c1-23(2,13-32-14-30)22(31)27-18-12-16(8-10-25-18)21-20(15-5-3-6-17(24)11-15)28-19-7-4-9-26-29(19)21/h3-12,14H,13H2,1-2H3,(H,25,27,31). The van der Waals surface area contributed by atoms with Crippen molar-refractivity contribution in [2.45, 2.75) is 13.8 Å². The maximum absolute atomic E-state index is 12.7. The molecule has 1 amide bonds. The Morgan fingerprint density at radius 1 is 1.16 bits per heavy atom. The number of anilines is 1. The molecule has 0 spiro atoms. The number of carbonyl (C=O) groups excluding carboxylic acids is 2. The van der Waals surface area contributed by atoms with Gasteiger partial charge in [0.2, 0.25) is 5.91 Å². The van der Waals surface area contributed by atoms with Crippen LogP contribution in [0, 0.1) is 5.41 Å². The van der Waals surface area contributed by atoms with Gasteiger partial charge < -0.3 is 10.1 Å². The van der Waals surface area contributed by atoms with E-state index in [1.165, 1.54) is 0 Å². The van der Waals surface area contributed by atoms with Crippen molar-refractivity contribution in [3.05, 3.63) is 65.9 Å². The van der Waals surface area contributed by atoms with E-state index >= 15 is 0 Å². The predicted octanol–water partition coefficient (Wildman–Crippen LogP) is 4.25. The molecule has 0 fully saturated rings. The molecule has 4 rings (SSSR count). The van der Waals surface area contributed by atoms with Gasteiger partial charge in [-0.3, -0.25) is 9.59 Å². The van der Waals surface area contributed by atoms with E-state index < -0.39 is 5.41 Å². The third-order valence-corrected chi connectivity index (χ3v) is 5.13. The number of imidazole rings is 1. The molecule has 162 valence electrons. The Bertz CT molecular complexity index is 1300. The average Bonchev–Trinajstić information content (AvgIpc) is 3.17. The van der Waals surface area contributed by atoms with Crippen molar-refractivity contribution in [2.75, 3.05) is 11.9 Å². The van der Waals surface area contributed by atoms with E-state index in [0.29, 0.717) is 28.7 Å². The zero-order valence-electron chi connectivity index (χ0n) is 17.4. The summed E-state index contributed by atoms with van der Waals surface area (Å²) < 4.78 is 6.51. The van der Waals surface area contributed by atoms with Crippen molar-refractivity contribution < 1.29 is 14.3 Å². The molecule has 3 aromatic heterocycles. The molecule has 4 aromatic rings. The second-order valence-electron chi connectivity index (χ2n) is 7.79. The molecule has 1 N–H and O–H groups in total. The van der Waals surface area contributed by atoms with Crippen molar-refractivity contribution in [3.63, 3.8) is 0 Å². The van der Waals surface area contributed by atoms with E-state index in [4.69, 9.17) is 21.3 Å². The molecule has 0 atom stereocenters. The van der Waals surface area contributed by atoms with Gasteiger partial charge in [0.25, 0.3) is 6.47 Å². The molecule has 1 aromatic carbocycles. The Balaban J connectivity index is 1.76. The number of ether oxygens (including phenoxy) is 1. The summed E-state index contributed by atoms with van der Waals surface area (Å²) in [6.45, 7) is 3.64. The van der Waals surface area contributed by atoms with Crippen molar-refractivity contribution in [2.24, 2.45) is 5.41 Å². The van der Waals surface area contributed by atoms with Crippen LogP contribution in [0.3, 0.4) is 0 Å². The van der Waals surface area contributed by atoms with Gasteiger partial charge in [-0.2, -0.15) is 5.10 Å². The molecule has 32 heavy (non-hydrogen) atoms. The molecule has 0 aliphatic rings. The number of nitrogens with zero attached hydrogens (tertiary/aromatic N) is 4. The number of nitrogens with one attached hydrogen (secondary N) is 1. The number of hydrogen-bond donors (Lipinski definition) is 1. The topological polar surface area (TPSA) is 98.5 Å². The first kappa shape index (κ1) is 21.5. The molecule has 0 unspecified atom stereocenters. The van der Waals surface area contributed by atoms with E-state index in [1.54, 1.807) is 42.9 Å². The first-order chi connectivity index (χ1) is 15.4. The molecule has 0 saturated heterocycles. The van der Waals surface area contributed by atoms with Crippen molar-refractivity contribution in [1.29, 1.82) is 0 Å². The van der Waals surface area contributed by atoms with Crippen molar-refractivity contribution in [3.8, 4) is 22.5 Å². The zero-order valence-corrected chi connectivity index (χ0v) is 18.2. The maximum Gasteiger partial charge on any atom is 0.293 e. The minimum Gasteiger partial charge on any atom is -0.467 e. The Labute approximate surface area is 189 Å². The SMILES string of the molecule is CC(C)(COC=O)C(=O)Nc1cc(-c2c(-c3cccc(Cl)c3)nc3cccnn23)ccn1. The minimum absolute atomic E-state index is 0.0435. The number of pyridine rings is 1. The highest BCUT2D eigenvalue weighted by Crippen LogP contribution is 2.34. The summed E-state index contributed by atoms with van der Waals surface area (Å²) in [7, 11) is 0.